The molecule has 0 spiro atoms. The Morgan fingerprint density at radius 1 is 1.07 bits per heavy atom. The number of amides is 3. The van der Waals surface area contributed by atoms with Crippen LogP contribution in [0.4, 0.5) is 18.0 Å². The van der Waals surface area contributed by atoms with Crippen molar-refractivity contribution in [3.8, 4) is 0 Å². The molecule has 1 aromatic carbocycles. The molecule has 1 aromatic rings. The molecule has 0 bridgehead atoms. The molecule has 1 rings (SSSR count). The van der Waals surface area contributed by atoms with E-state index in [2.05, 4.69) is 10.6 Å². The van der Waals surface area contributed by atoms with Gasteiger partial charge in [-0.05, 0) is 11.5 Å². The van der Waals surface area contributed by atoms with E-state index in [-0.39, 0.29) is 6.54 Å². The molecule has 0 saturated heterocycles. The number of carbonyl (C=O) groups excluding carboxylic acids is 2. The van der Waals surface area contributed by atoms with Crippen molar-refractivity contribution in [2.45, 2.75) is 45.1 Å². The Labute approximate surface area is 154 Å². The van der Waals surface area contributed by atoms with Crippen molar-refractivity contribution >= 4 is 17.9 Å². The van der Waals surface area contributed by atoms with Gasteiger partial charge in [0.05, 0.1) is 6.42 Å². The van der Waals surface area contributed by atoms with Crippen molar-refractivity contribution in [1.82, 2.24) is 16.0 Å². The summed E-state index contributed by atoms with van der Waals surface area (Å²) in [5.74, 6) is -3.29. The number of rotatable bonds is 8. The number of benzene rings is 1. The van der Waals surface area contributed by atoms with Crippen LogP contribution in [0.15, 0.2) is 30.3 Å². The molecule has 150 valence electrons. The molecule has 27 heavy (non-hydrogen) atoms. The van der Waals surface area contributed by atoms with Crippen molar-refractivity contribution in [2.24, 2.45) is 5.92 Å². The third kappa shape index (κ3) is 8.43. The molecule has 2 unspecified atom stereocenters. The Kier molecular flexibility index (Phi) is 8.07. The van der Waals surface area contributed by atoms with Gasteiger partial charge in [0.15, 0.2) is 0 Å². The number of alkyl halides is 3. The number of hydrogen-bond acceptors (Lipinski definition) is 3. The topological polar surface area (TPSA) is 108 Å². The highest BCUT2D eigenvalue weighted by Gasteiger charge is 2.37. The average Bonchev–Trinajstić information content (AvgIpc) is 2.56. The van der Waals surface area contributed by atoms with Gasteiger partial charge in [0.25, 0.3) is 0 Å². The quantitative estimate of drug-likeness (QED) is 0.546. The van der Waals surface area contributed by atoms with E-state index >= 15 is 0 Å². The number of hydrogen-bond donors (Lipinski definition) is 4. The van der Waals surface area contributed by atoms with Crippen molar-refractivity contribution in [3.05, 3.63) is 35.9 Å². The lowest BCUT2D eigenvalue weighted by molar-refractivity contribution is -0.160. The second-order valence-corrected chi connectivity index (χ2v) is 6.25. The molecule has 0 aliphatic heterocycles. The van der Waals surface area contributed by atoms with Crippen LogP contribution >= 0.6 is 0 Å². The maximum atomic E-state index is 12.5. The Hall–Kier alpha value is -2.78. The summed E-state index contributed by atoms with van der Waals surface area (Å²) in [6.45, 7) is 3.33. The number of nitrogens with one attached hydrogen (secondary N) is 3. The van der Waals surface area contributed by atoms with Gasteiger partial charge in [0, 0.05) is 6.54 Å². The molecule has 4 N–H and O–H groups in total. The average molecular weight is 389 g/mol. The number of urea groups is 1. The fraction of sp³-hybridized carbons (Fsp3) is 0.471. The Balaban J connectivity index is 2.68. The molecule has 3 amide bonds. The monoisotopic (exact) mass is 389 g/mol. The normalized spacial score (nSPS) is 13.6. The van der Waals surface area contributed by atoms with Gasteiger partial charge in [-0.15, -0.1) is 0 Å². The van der Waals surface area contributed by atoms with Crippen LogP contribution in [0, 0.1) is 5.92 Å². The number of halogens is 3. The first-order valence-electron chi connectivity index (χ1n) is 8.18. The fourth-order valence-electron chi connectivity index (χ4n) is 2.20. The minimum Gasteiger partial charge on any atom is -0.480 e. The van der Waals surface area contributed by atoms with Crippen LogP contribution in [0.5, 0.6) is 0 Å². The van der Waals surface area contributed by atoms with Gasteiger partial charge in [0.2, 0.25) is 5.91 Å². The summed E-state index contributed by atoms with van der Waals surface area (Å²) in [7, 11) is 0. The molecular weight excluding hydrogens is 367 g/mol. The fourth-order valence-corrected chi connectivity index (χ4v) is 2.20. The van der Waals surface area contributed by atoms with E-state index in [0.717, 1.165) is 5.56 Å². The van der Waals surface area contributed by atoms with Crippen LogP contribution < -0.4 is 16.0 Å². The van der Waals surface area contributed by atoms with Crippen molar-refractivity contribution in [3.63, 3.8) is 0 Å². The predicted octanol–water partition coefficient (Wildman–Crippen LogP) is 2.03. The lowest BCUT2D eigenvalue weighted by Crippen LogP contribution is -2.56. The largest absolute Gasteiger partial charge is 0.480 e. The van der Waals surface area contributed by atoms with Gasteiger partial charge in [-0.1, -0.05) is 44.2 Å². The van der Waals surface area contributed by atoms with Crippen molar-refractivity contribution in [2.75, 3.05) is 0 Å². The summed E-state index contributed by atoms with van der Waals surface area (Å²) in [6, 6.07) is 4.91. The zero-order chi connectivity index (χ0) is 20.6. The molecule has 7 nitrogen and oxygen atoms in total. The number of carboxylic acid groups (broad SMARTS) is 1. The highest BCUT2D eigenvalue weighted by Crippen LogP contribution is 2.21. The van der Waals surface area contributed by atoms with E-state index in [1.54, 1.807) is 38.1 Å². The summed E-state index contributed by atoms with van der Waals surface area (Å²) in [6.07, 6.45) is -6.47. The summed E-state index contributed by atoms with van der Waals surface area (Å²) in [5, 5.41) is 15.6. The minimum atomic E-state index is -4.76. The predicted molar refractivity (Wildman–Crippen MR) is 90.7 cm³/mol. The highest BCUT2D eigenvalue weighted by molar-refractivity contribution is 5.90. The van der Waals surface area contributed by atoms with Crippen molar-refractivity contribution < 1.29 is 32.7 Å². The van der Waals surface area contributed by atoms with Crippen LogP contribution in [0.2, 0.25) is 0 Å². The number of carboxylic acids is 1. The van der Waals surface area contributed by atoms with Crippen molar-refractivity contribution in [1.29, 1.82) is 0 Å². The number of aliphatic carboxylic acids is 1. The van der Waals surface area contributed by atoms with E-state index in [0.29, 0.717) is 0 Å². The molecule has 2 atom stereocenters. The highest BCUT2D eigenvalue weighted by atomic mass is 19.4. The minimum absolute atomic E-state index is 0.185. The molecule has 0 heterocycles. The Morgan fingerprint density at radius 2 is 1.67 bits per heavy atom. The zero-order valence-electron chi connectivity index (χ0n) is 14.8. The third-order valence-corrected chi connectivity index (χ3v) is 3.58. The zero-order valence-corrected chi connectivity index (χ0v) is 14.8. The second-order valence-electron chi connectivity index (χ2n) is 6.25. The Morgan fingerprint density at radius 3 is 2.15 bits per heavy atom. The standard InChI is InChI=1S/C17H22F3N3O4/c1-10(2)13(14(24)22-12(15(25)26)8-17(18,19)20)23-16(27)21-9-11-6-4-3-5-7-11/h3-7,10,12-13H,8-9H2,1-2H3,(H,22,24)(H,25,26)(H2,21,23,27). The molecule has 0 radical (unpaired) electrons. The van der Waals surface area contributed by atoms with Gasteiger partial charge >= 0.3 is 18.2 Å². The SMILES string of the molecule is CC(C)C(NC(=O)NCc1ccccc1)C(=O)NC(CC(F)(F)F)C(=O)O. The van der Waals surface area contributed by atoms with E-state index in [1.165, 1.54) is 0 Å². The molecule has 0 fully saturated rings. The molecule has 10 heteroatoms. The van der Waals surface area contributed by atoms with Crippen LogP contribution in [-0.2, 0) is 16.1 Å². The maximum absolute atomic E-state index is 12.5. The summed E-state index contributed by atoms with van der Waals surface area (Å²) >= 11 is 0. The molecule has 0 aromatic heterocycles. The molecule has 0 saturated carbocycles. The Bertz CT molecular complexity index is 651. The van der Waals surface area contributed by atoms with Gasteiger partial charge in [-0.3, -0.25) is 4.79 Å². The molecule has 0 aliphatic carbocycles. The van der Waals surface area contributed by atoms with Gasteiger partial charge in [-0.25, -0.2) is 9.59 Å². The molecular formula is C17H22F3N3O4. The summed E-state index contributed by atoms with van der Waals surface area (Å²) < 4.78 is 37.4. The van der Waals surface area contributed by atoms with E-state index in [4.69, 9.17) is 5.11 Å². The van der Waals surface area contributed by atoms with E-state index in [1.807, 2.05) is 11.4 Å². The van der Waals surface area contributed by atoms with Crippen LogP contribution in [0.25, 0.3) is 0 Å². The van der Waals surface area contributed by atoms with Gasteiger partial charge < -0.3 is 21.1 Å². The number of carbonyl (C=O) groups is 3. The van der Waals surface area contributed by atoms with Crippen LogP contribution in [-0.4, -0.2) is 41.3 Å². The van der Waals surface area contributed by atoms with E-state index < -0.39 is 48.5 Å². The first kappa shape index (κ1) is 22.3. The summed E-state index contributed by atoms with van der Waals surface area (Å²) in [5.41, 5.74) is 0.814. The first-order chi connectivity index (χ1) is 12.5. The summed E-state index contributed by atoms with van der Waals surface area (Å²) in [4.78, 5) is 35.2. The lowest BCUT2D eigenvalue weighted by Gasteiger charge is -2.24. The van der Waals surface area contributed by atoms with Crippen LogP contribution in [0.1, 0.15) is 25.8 Å². The van der Waals surface area contributed by atoms with Gasteiger partial charge in [0.1, 0.15) is 12.1 Å². The van der Waals surface area contributed by atoms with E-state index in [9.17, 15) is 27.6 Å². The lowest BCUT2D eigenvalue weighted by atomic mass is 10.0. The first-order valence-corrected chi connectivity index (χ1v) is 8.18. The third-order valence-electron chi connectivity index (χ3n) is 3.58. The van der Waals surface area contributed by atoms with Gasteiger partial charge in [-0.2, -0.15) is 13.2 Å². The molecule has 0 aliphatic rings. The second kappa shape index (κ2) is 9.79. The smallest absolute Gasteiger partial charge is 0.391 e. The van der Waals surface area contributed by atoms with Crippen LogP contribution in [0.3, 0.4) is 0 Å². The maximum Gasteiger partial charge on any atom is 0.391 e.